The number of pyridine rings is 1. The van der Waals surface area contributed by atoms with Crippen LogP contribution in [0.15, 0.2) is 36.5 Å². The number of hydrogen-bond donors (Lipinski definition) is 2. The Bertz CT molecular complexity index is 702. The predicted molar refractivity (Wildman–Crippen MR) is 72.5 cm³/mol. The Morgan fingerprint density at radius 2 is 2.05 bits per heavy atom. The number of aromatic hydroxyl groups is 1. The zero-order chi connectivity index (χ0) is 15.4. The fourth-order valence-electron chi connectivity index (χ4n) is 1.58. The molecule has 0 radical (unpaired) electrons. The van der Waals surface area contributed by atoms with Crippen LogP contribution in [0.2, 0.25) is 0 Å². The molecule has 1 aromatic carbocycles. The zero-order valence-corrected chi connectivity index (χ0v) is 10.9. The molecule has 8 nitrogen and oxygen atoms in total. The summed E-state index contributed by atoms with van der Waals surface area (Å²) >= 11 is 0. The Hall–Kier alpha value is -3.16. The number of ether oxygens (including phenoxy) is 1. The minimum atomic E-state index is -0.718. The molecule has 0 fully saturated rings. The number of phenols is 1. The maximum atomic E-state index is 11.5. The summed E-state index contributed by atoms with van der Waals surface area (Å²) < 4.78 is 5.42. The number of nitrogens with one attached hydrogen (secondary N) is 1. The third-order valence-electron chi connectivity index (χ3n) is 2.57. The van der Waals surface area contributed by atoms with Gasteiger partial charge < -0.3 is 15.2 Å². The van der Waals surface area contributed by atoms with Crippen LogP contribution in [-0.4, -0.2) is 28.0 Å². The van der Waals surface area contributed by atoms with Crippen molar-refractivity contribution in [2.45, 2.75) is 0 Å². The van der Waals surface area contributed by atoms with Crippen LogP contribution in [0.4, 0.5) is 5.69 Å². The molecular weight excluding hydrogens is 278 g/mol. The van der Waals surface area contributed by atoms with Gasteiger partial charge in [0, 0.05) is 19.3 Å². The predicted octanol–water partition coefficient (Wildman–Crippen LogP) is 1.85. The highest BCUT2D eigenvalue weighted by Gasteiger charge is 2.15. The van der Waals surface area contributed by atoms with Gasteiger partial charge in [-0.1, -0.05) is 0 Å². The van der Waals surface area contributed by atoms with Crippen LogP contribution in [0.5, 0.6) is 17.2 Å². The third kappa shape index (κ3) is 3.24. The van der Waals surface area contributed by atoms with Crippen molar-refractivity contribution in [3.8, 4) is 17.2 Å². The van der Waals surface area contributed by atoms with Crippen molar-refractivity contribution in [1.29, 1.82) is 0 Å². The number of nitro benzene ring substituents is 1. The van der Waals surface area contributed by atoms with E-state index in [-0.39, 0.29) is 17.4 Å². The van der Waals surface area contributed by atoms with Gasteiger partial charge in [-0.25, -0.2) is 0 Å². The van der Waals surface area contributed by atoms with Crippen molar-refractivity contribution in [3.05, 3.63) is 52.3 Å². The largest absolute Gasteiger partial charge is 0.502 e. The SMILES string of the molecule is CNC(=O)c1cc(Oc2ccc(O)c([N+](=O)[O-])c2)ccn1. The van der Waals surface area contributed by atoms with Crippen molar-refractivity contribution >= 4 is 11.6 Å². The minimum Gasteiger partial charge on any atom is -0.502 e. The zero-order valence-electron chi connectivity index (χ0n) is 10.9. The molecule has 2 N–H and O–H groups in total. The van der Waals surface area contributed by atoms with Crippen molar-refractivity contribution < 1.29 is 19.6 Å². The number of aromatic nitrogens is 1. The molecule has 108 valence electrons. The average molecular weight is 289 g/mol. The van der Waals surface area contributed by atoms with Crippen molar-refractivity contribution in [3.63, 3.8) is 0 Å². The van der Waals surface area contributed by atoms with Gasteiger partial charge in [0.15, 0.2) is 5.75 Å². The van der Waals surface area contributed by atoms with Crippen LogP contribution >= 0.6 is 0 Å². The lowest BCUT2D eigenvalue weighted by Gasteiger charge is -2.07. The standard InChI is InChI=1S/C13H11N3O5/c1-14-13(18)10-6-9(4-5-15-10)21-8-2-3-12(17)11(7-8)16(19)20/h2-7,17H,1H3,(H,14,18). The number of carbonyl (C=O) groups excluding carboxylic acids is 1. The maximum Gasteiger partial charge on any atom is 0.314 e. The number of nitrogens with zero attached hydrogens (tertiary/aromatic N) is 2. The lowest BCUT2D eigenvalue weighted by atomic mass is 10.2. The van der Waals surface area contributed by atoms with E-state index in [1.165, 1.54) is 31.4 Å². The van der Waals surface area contributed by atoms with E-state index in [1.54, 1.807) is 0 Å². The van der Waals surface area contributed by atoms with Gasteiger partial charge in [-0.05, 0) is 18.2 Å². The van der Waals surface area contributed by atoms with Gasteiger partial charge in [-0.15, -0.1) is 0 Å². The van der Waals surface area contributed by atoms with E-state index in [0.29, 0.717) is 5.75 Å². The molecule has 0 spiro atoms. The molecule has 0 aliphatic carbocycles. The van der Waals surface area contributed by atoms with Crippen LogP contribution in [0.1, 0.15) is 10.5 Å². The molecule has 0 aliphatic heterocycles. The smallest absolute Gasteiger partial charge is 0.314 e. The van der Waals surface area contributed by atoms with E-state index in [2.05, 4.69) is 10.3 Å². The Kier molecular flexibility index (Phi) is 3.98. The van der Waals surface area contributed by atoms with E-state index in [1.807, 2.05) is 0 Å². The van der Waals surface area contributed by atoms with Gasteiger partial charge in [0.25, 0.3) is 5.91 Å². The molecular formula is C13H11N3O5. The highest BCUT2D eigenvalue weighted by atomic mass is 16.6. The Morgan fingerprint density at radius 3 is 2.71 bits per heavy atom. The second-order valence-corrected chi connectivity index (χ2v) is 3.97. The first-order chi connectivity index (χ1) is 10.0. The molecule has 1 aromatic heterocycles. The number of rotatable bonds is 4. The summed E-state index contributed by atoms with van der Waals surface area (Å²) in [4.78, 5) is 25.3. The molecule has 0 atom stereocenters. The van der Waals surface area contributed by atoms with Gasteiger partial charge in [0.05, 0.1) is 11.0 Å². The molecule has 1 amide bonds. The Labute approximate surface area is 119 Å². The van der Waals surface area contributed by atoms with Gasteiger partial charge in [0.2, 0.25) is 0 Å². The van der Waals surface area contributed by atoms with Crippen LogP contribution in [0.25, 0.3) is 0 Å². The second-order valence-electron chi connectivity index (χ2n) is 3.97. The molecule has 1 heterocycles. The second kappa shape index (κ2) is 5.87. The topological polar surface area (TPSA) is 115 Å². The summed E-state index contributed by atoms with van der Waals surface area (Å²) in [7, 11) is 1.47. The van der Waals surface area contributed by atoms with Gasteiger partial charge in [-0.2, -0.15) is 0 Å². The number of amides is 1. The number of carbonyl (C=O) groups is 1. The molecule has 0 saturated heterocycles. The number of phenolic OH excluding ortho intramolecular Hbond substituents is 1. The highest BCUT2D eigenvalue weighted by Crippen LogP contribution is 2.32. The van der Waals surface area contributed by atoms with E-state index in [0.717, 1.165) is 12.1 Å². The van der Waals surface area contributed by atoms with Crippen LogP contribution < -0.4 is 10.1 Å². The normalized spacial score (nSPS) is 9.95. The van der Waals surface area contributed by atoms with Crippen molar-refractivity contribution in [1.82, 2.24) is 10.3 Å². The number of benzene rings is 1. The van der Waals surface area contributed by atoms with E-state index in [4.69, 9.17) is 4.74 Å². The monoisotopic (exact) mass is 289 g/mol. The average Bonchev–Trinajstić information content (AvgIpc) is 2.48. The third-order valence-corrected chi connectivity index (χ3v) is 2.57. The summed E-state index contributed by atoms with van der Waals surface area (Å²) in [5.41, 5.74) is -0.309. The summed E-state index contributed by atoms with van der Waals surface area (Å²) in [5, 5.41) is 22.5. The van der Waals surface area contributed by atoms with Crippen LogP contribution in [0.3, 0.4) is 0 Å². The maximum absolute atomic E-state index is 11.5. The lowest BCUT2D eigenvalue weighted by Crippen LogP contribution is -2.18. The quantitative estimate of drug-likeness (QED) is 0.655. The lowest BCUT2D eigenvalue weighted by molar-refractivity contribution is -0.385. The molecule has 0 unspecified atom stereocenters. The first-order valence-corrected chi connectivity index (χ1v) is 5.84. The van der Waals surface area contributed by atoms with Gasteiger partial charge >= 0.3 is 5.69 Å². The Balaban J connectivity index is 2.28. The molecule has 0 aliphatic rings. The number of nitro groups is 1. The van der Waals surface area contributed by atoms with Crippen LogP contribution in [0, 0.1) is 10.1 Å². The molecule has 21 heavy (non-hydrogen) atoms. The summed E-state index contributed by atoms with van der Waals surface area (Å²) in [6, 6.07) is 6.54. The van der Waals surface area contributed by atoms with E-state index in [9.17, 15) is 20.0 Å². The summed E-state index contributed by atoms with van der Waals surface area (Å²) in [6.45, 7) is 0. The van der Waals surface area contributed by atoms with Crippen molar-refractivity contribution in [2.75, 3.05) is 7.05 Å². The molecule has 2 aromatic rings. The highest BCUT2D eigenvalue weighted by molar-refractivity contribution is 5.92. The fraction of sp³-hybridized carbons (Fsp3) is 0.0769. The van der Waals surface area contributed by atoms with Crippen molar-refractivity contribution in [2.24, 2.45) is 0 Å². The first kappa shape index (κ1) is 14.3. The van der Waals surface area contributed by atoms with E-state index < -0.39 is 16.4 Å². The molecule has 0 saturated carbocycles. The summed E-state index contributed by atoms with van der Waals surface area (Å²) in [5.74, 6) is -0.373. The van der Waals surface area contributed by atoms with Gasteiger partial charge in [-0.3, -0.25) is 19.9 Å². The summed E-state index contributed by atoms with van der Waals surface area (Å²) in [6.07, 6.45) is 1.38. The first-order valence-electron chi connectivity index (χ1n) is 5.84. The molecule has 8 heteroatoms. The molecule has 2 rings (SSSR count). The number of hydrogen-bond acceptors (Lipinski definition) is 6. The van der Waals surface area contributed by atoms with Gasteiger partial charge in [0.1, 0.15) is 17.2 Å². The minimum absolute atomic E-state index is 0.156. The molecule has 0 bridgehead atoms. The fourth-order valence-corrected chi connectivity index (χ4v) is 1.58. The Morgan fingerprint density at radius 1 is 1.33 bits per heavy atom. The van der Waals surface area contributed by atoms with Crippen LogP contribution in [-0.2, 0) is 0 Å². The van der Waals surface area contributed by atoms with E-state index >= 15 is 0 Å².